The quantitative estimate of drug-likeness (QED) is 0.544. The van der Waals surface area contributed by atoms with E-state index in [0.717, 1.165) is 0 Å². The van der Waals surface area contributed by atoms with Crippen molar-refractivity contribution >= 4 is 5.78 Å². The van der Waals surface area contributed by atoms with E-state index in [9.17, 15) is 4.79 Å². The number of Topliss-reactive ketones (excluding diaryl/α,β-unsaturated/α-hetero) is 1. The van der Waals surface area contributed by atoms with Gasteiger partial charge in [0.2, 0.25) is 0 Å². The Kier molecular flexibility index (Phi) is 6.07. The Labute approximate surface area is 67.7 Å². The lowest BCUT2D eigenvalue weighted by atomic mass is 10.2. The van der Waals surface area contributed by atoms with Gasteiger partial charge < -0.3 is 9.47 Å². The van der Waals surface area contributed by atoms with E-state index < -0.39 is 0 Å². The third-order valence-corrected chi connectivity index (χ3v) is 1.46. The number of ether oxygens (including phenoxy) is 2. The largest absolute Gasteiger partial charge is 0.382 e. The zero-order chi connectivity index (χ0) is 8.69. The van der Waals surface area contributed by atoms with E-state index in [0.29, 0.717) is 19.6 Å². The average Bonchev–Trinajstić information content (AvgIpc) is 2.03. The van der Waals surface area contributed by atoms with Gasteiger partial charge in [0.25, 0.3) is 0 Å². The Hall–Kier alpha value is -0.410. The molecule has 0 N–H and O–H groups in total. The highest BCUT2D eigenvalue weighted by Crippen LogP contribution is 1.95. The fourth-order valence-corrected chi connectivity index (χ4v) is 0.689. The smallest absolute Gasteiger partial charge is 0.160 e. The normalized spacial score (nSPS) is 13.0. The molecule has 0 aliphatic rings. The molecule has 1 atom stereocenters. The Bertz CT molecular complexity index is 112. The minimum atomic E-state index is -0.282. The molecule has 0 fully saturated rings. The van der Waals surface area contributed by atoms with Crippen LogP contribution in [0.2, 0.25) is 0 Å². The molecule has 0 spiro atoms. The second-order valence-corrected chi connectivity index (χ2v) is 2.33. The lowest BCUT2D eigenvalue weighted by Gasteiger charge is -2.09. The minimum Gasteiger partial charge on any atom is -0.382 e. The van der Waals surface area contributed by atoms with Gasteiger partial charge in [-0.2, -0.15) is 0 Å². The van der Waals surface area contributed by atoms with Crippen molar-refractivity contribution in [2.75, 3.05) is 20.3 Å². The highest BCUT2D eigenvalue weighted by atomic mass is 16.5. The Morgan fingerprint density at radius 1 is 1.45 bits per heavy atom. The van der Waals surface area contributed by atoms with Crippen molar-refractivity contribution < 1.29 is 14.3 Å². The van der Waals surface area contributed by atoms with Crippen molar-refractivity contribution in [3.63, 3.8) is 0 Å². The first kappa shape index (κ1) is 10.6. The van der Waals surface area contributed by atoms with Crippen LogP contribution in [-0.2, 0) is 14.3 Å². The number of rotatable bonds is 6. The first-order valence-corrected chi connectivity index (χ1v) is 3.85. The third kappa shape index (κ3) is 4.93. The van der Waals surface area contributed by atoms with E-state index in [-0.39, 0.29) is 11.9 Å². The predicted octanol–water partition coefficient (Wildman–Crippen LogP) is 1.02. The molecule has 0 rings (SSSR count). The van der Waals surface area contributed by atoms with Crippen LogP contribution in [0.3, 0.4) is 0 Å². The summed E-state index contributed by atoms with van der Waals surface area (Å²) in [6.45, 7) is 4.63. The summed E-state index contributed by atoms with van der Waals surface area (Å²) in [5.74, 6) is 0.140. The molecule has 66 valence electrons. The van der Waals surface area contributed by atoms with Crippen LogP contribution in [0.5, 0.6) is 0 Å². The van der Waals surface area contributed by atoms with Gasteiger partial charge in [-0.05, 0) is 6.92 Å². The van der Waals surface area contributed by atoms with Crippen molar-refractivity contribution in [1.82, 2.24) is 0 Å². The molecule has 3 heteroatoms. The fraction of sp³-hybridized carbons (Fsp3) is 0.875. The zero-order valence-electron chi connectivity index (χ0n) is 7.42. The van der Waals surface area contributed by atoms with Gasteiger partial charge in [0.05, 0.1) is 13.2 Å². The minimum absolute atomic E-state index is 0.140. The second-order valence-electron chi connectivity index (χ2n) is 2.33. The molecule has 0 aromatic carbocycles. The standard InChI is InChI=1S/C8H16O3/c1-4-8(9)7(2)11-6-5-10-3/h7H,4-6H2,1-3H3. The van der Waals surface area contributed by atoms with Gasteiger partial charge in [-0.15, -0.1) is 0 Å². The van der Waals surface area contributed by atoms with Crippen molar-refractivity contribution in [3.8, 4) is 0 Å². The molecule has 0 aliphatic heterocycles. The molecule has 0 heterocycles. The van der Waals surface area contributed by atoms with Gasteiger partial charge in [-0.25, -0.2) is 0 Å². The van der Waals surface area contributed by atoms with Crippen LogP contribution < -0.4 is 0 Å². The van der Waals surface area contributed by atoms with Crippen LogP contribution in [0.25, 0.3) is 0 Å². The highest BCUT2D eigenvalue weighted by molar-refractivity contribution is 5.82. The van der Waals surface area contributed by atoms with E-state index in [1.54, 1.807) is 14.0 Å². The van der Waals surface area contributed by atoms with Gasteiger partial charge >= 0.3 is 0 Å². The van der Waals surface area contributed by atoms with Crippen LogP contribution in [0.4, 0.5) is 0 Å². The van der Waals surface area contributed by atoms with Crippen LogP contribution in [0.15, 0.2) is 0 Å². The van der Waals surface area contributed by atoms with Crippen LogP contribution in [-0.4, -0.2) is 32.2 Å². The molecule has 0 bridgehead atoms. The Balaban J connectivity index is 3.36. The van der Waals surface area contributed by atoms with Gasteiger partial charge in [0.1, 0.15) is 6.10 Å². The maximum absolute atomic E-state index is 10.9. The molecule has 3 nitrogen and oxygen atoms in total. The Morgan fingerprint density at radius 3 is 2.55 bits per heavy atom. The summed E-state index contributed by atoms with van der Waals surface area (Å²) >= 11 is 0. The number of carbonyl (C=O) groups excluding carboxylic acids is 1. The van der Waals surface area contributed by atoms with Crippen molar-refractivity contribution in [1.29, 1.82) is 0 Å². The summed E-state index contributed by atoms with van der Waals surface area (Å²) in [6, 6.07) is 0. The molecule has 0 aromatic rings. The molecule has 11 heavy (non-hydrogen) atoms. The van der Waals surface area contributed by atoms with Gasteiger partial charge in [-0.1, -0.05) is 6.92 Å². The van der Waals surface area contributed by atoms with Crippen LogP contribution in [0.1, 0.15) is 20.3 Å². The lowest BCUT2D eigenvalue weighted by Crippen LogP contribution is -2.21. The molecule has 0 radical (unpaired) electrons. The zero-order valence-corrected chi connectivity index (χ0v) is 7.42. The average molecular weight is 160 g/mol. The van der Waals surface area contributed by atoms with Crippen LogP contribution >= 0.6 is 0 Å². The Morgan fingerprint density at radius 2 is 2.09 bits per heavy atom. The van der Waals surface area contributed by atoms with E-state index in [1.807, 2.05) is 6.92 Å². The van der Waals surface area contributed by atoms with Gasteiger partial charge in [0.15, 0.2) is 5.78 Å². The van der Waals surface area contributed by atoms with Crippen molar-refractivity contribution in [3.05, 3.63) is 0 Å². The van der Waals surface area contributed by atoms with Gasteiger partial charge in [0, 0.05) is 13.5 Å². The fourth-order valence-electron chi connectivity index (χ4n) is 0.689. The summed E-state index contributed by atoms with van der Waals surface area (Å²) in [6.07, 6.45) is 0.254. The number of methoxy groups -OCH3 is 1. The maximum Gasteiger partial charge on any atom is 0.160 e. The van der Waals surface area contributed by atoms with E-state index in [4.69, 9.17) is 9.47 Å². The van der Waals surface area contributed by atoms with E-state index >= 15 is 0 Å². The molecule has 1 unspecified atom stereocenters. The topological polar surface area (TPSA) is 35.5 Å². The number of hydrogen-bond donors (Lipinski definition) is 0. The summed E-state index contributed by atoms with van der Waals surface area (Å²) in [4.78, 5) is 10.9. The third-order valence-electron chi connectivity index (χ3n) is 1.46. The summed E-state index contributed by atoms with van der Waals surface area (Å²) < 4.78 is 9.93. The molecule has 0 saturated carbocycles. The predicted molar refractivity (Wildman–Crippen MR) is 42.6 cm³/mol. The first-order valence-electron chi connectivity index (χ1n) is 3.85. The molecule has 0 amide bonds. The number of hydrogen-bond acceptors (Lipinski definition) is 3. The molecular formula is C8H16O3. The molecule has 0 saturated heterocycles. The first-order chi connectivity index (χ1) is 5.22. The summed E-state index contributed by atoms with van der Waals surface area (Å²) in [5.41, 5.74) is 0. The van der Waals surface area contributed by atoms with E-state index in [2.05, 4.69) is 0 Å². The molecule has 0 aromatic heterocycles. The van der Waals surface area contributed by atoms with Crippen LogP contribution in [0, 0.1) is 0 Å². The lowest BCUT2D eigenvalue weighted by molar-refractivity contribution is -0.129. The summed E-state index contributed by atoms with van der Waals surface area (Å²) in [5, 5.41) is 0. The number of carbonyl (C=O) groups is 1. The highest BCUT2D eigenvalue weighted by Gasteiger charge is 2.09. The molecular weight excluding hydrogens is 144 g/mol. The maximum atomic E-state index is 10.9. The summed E-state index contributed by atoms with van der Waals surface area (Å²) in [7, 11) is 1.61. The number of ketones is 1. The van der Waals surface area contributed by atoms with Gasteiger partial charge in [-0.3, -0.25) is 4.79 Å². The van der Waals surface area contributed by atoms with Crippen molar-refractivity contribution in [2.45, 2.75) is 26.4 Å². The second kappa shape index (κ2) is 6.31. The van der Waals surface area contributed by atoms with Crippen molar-refractivity contribution in [2.24, 2.45) is 0 Å². The molecule has 0 aliphatic carbocycles. The SMILES string of the molecule is CCC(=O)C(C)OCCOC. The van der Waals surface area contributed by atoms with E-state index in [1.165, 1.54) is 0 Å². The monoisotopic (exact) mass is 160 g/mol.